The van der Waals surface area contributed by atoms with Gasteiger partial charge in [0.15, 0.2) is 0 Å². The molecule has 1 aromatic rings. The summed E-state index contributed by atoms with van der Waals surface area (Å²) in [5, 5.41) is 12.0. The van der Waals surface area contributed by atoms with Crippen LogP contribution in [0, 0.1) is 5.41 Å². The molecule has 0 radical (unpaired) electrons. The Morgan fingerprint density at radius 1 is 1.32 bits per heavy atom. The van der Waals surface area contributed by atoms with Crippen LogP contribution in [0.15, 0.2) is 46.0 Å². The second kappa shape index (κ2) is 12.6. The van der Waals surface area contributed by atoms with Gasteiger partial charge in [0.2, 0.25) is 0 Å². The number of benzene rings is 1. The summed E-state index contributed by atoms with van der Waals surface area (Å²) in [5.41, 5.74) is 6.66. The van der Waals surface area contributed by atoms with Crippen LogP contribution >= 0.6 is 11.8 Å². The van der Waals surface area contributed by atoms with Crippen LogP contribution in [0.3, 0.4) is 0 Å². The van der Waals surface area contributed by atoms with Crippen molar-refractivity contribution in [2.45, 2.75) is 44.6 Å². The summed E-state index contributed by atoms with van der Waals surface area (Å²) in [5.74, 6) is 0.578. The molecule has 1 saturated heterocycles. The van der Waals surface area contributed by atoms with Crippen molar-refractivity contribution in [1.29, 1.82) is 0 Å². The van der Waals surface area contributed by atoms with E-state index in [0.29, 0.717) is 19.0 Å². The number of anilines is 1. The monoisotopic (exact) mass is 419 g/mol. The van der Waals surface area contributed by atoms with Crippen LogP contribution in [-0.2, 0) is 4.84 Å². The molecule has 1 aromatic carbocycles. The molecule has 9 heteroatoms. The van der Waals surface area contributed by atoms with Gasteiger partial charge in [-0.25, -0.2) is 5.06 Å². The molecule has 8 nitrogen and oxygen atoms in total. The summed E-state index contributed by atoms with van der Waals surface area (Å²) in [6, 6.07) is 8.47. The van der Waals surface area contributed by atoms with E-state index in [9.17, 15) is 5.11 Å². The molecule has 0 amide bonds. The SMILES string of the molecule is CSc1ccc(N2OCCC[C@H]2CN=C(N)/C=C(\O)C(C)(C)C)cc1.O.O.O.[HH]. The number of amidine groups is 1. The molecule has 2 rings (SSSR count). The Morgan fingerprint density at radius 3 is 2.46 bits per heavy atom. The van der Waals surface area contributed by atoms with Crippen molar-refractivity contribution in [3.8, 4) is 0 Å². The Morgan fingerprint density at radius 2 is 1.93 bits per heavy atom. The molecule has 0 bridgehead atoms. The fourth-order valence-corrected chi connectivity index (χ4v) is 2.91. The van der Waals surface area contributed by atoms with E-state index in [4.69, 9.17) is 10.6 Å². The topological polar surface area (TPSA) is 166 Å². The number of thioether (sulfide) groups is 1. The molecule has 1 aliphatic heterocycles. The van der Waals surface area contributed by atoms with Gasteiger partial charge in [-0.2, -0.15) is 0 Å². The highest BCUT2D eigenvalue weighted by Crippen LogP contribution is 2.26. The van der Waals surface area contributed by atoms with E-state index >= 15 is 0 Å². The minimum absolute atomic E-state index is 0. The molecule has 0 aromatic heterocycles. The maximum Gasteiger partial charge on any atom is 0.121 e. The number of aliphatic imine (C=N–C) groups is 1. The van der Waals surface area contributed by atoms with Crippen molar-refractivity contribution in [2.24, 2.45) is 16.1 Å². The molecular weight excluding hydrogens is 382 g/mol. The average molecular weight is 420 g/mol. The zero-order chi connectivity index (χ0) is 18.4. The smallest absolute Gasteiger partial charge is 0.121 e. The number of nitrogens with two attached hydrogens (primary N) is 1. The summed E-state index contributed by atoms with van der Waals surface area (Å²) >= 11 is 1.72. The van der Waals surface area contributed by atoms with E-state index in [0.717, 1.165) is 18.5 Å². The van der Waals surface area contributed by atoms with Crippen molar-refractivity contribution in [3.63, 3.8) is 0 Å². The largest absolute Gasteiger partial charge is 0.512 e. The molecule has 0 spiro atoms. The molecule has 0 saturated carbocycles. The van der Waals surface area contributed by atoms with Crippen molar-refractivity contribution in [1.82, 2.24) is 0 Å². The predicted molar refractivity (Wildman–Crippen MR) is 119 cm³/mol. The molecule has 1 aliphatic rings. The molecule has 0 unspecified atom stereocenters. The van der Waals surface area contributed by atoms with E-state index in [1.165, 1.54) is 4.90 Å². The minimum atomic E-state index is -0.334. The van der Waals surface area contributed by atoms with Crippen LogP contribution in [0.5, 0.6) is 0 Å². The standard InChI is InChI=1S/C19H29N3O2S.3H2O.H2/c1-19(2,3)17(23)12-18(20)21-13-15-6-5-11-24-22(15)14-7-9-16(25-4)10-8-14;;;;/h7-10,12,15,23H,5-6,11,13H2,1-4H3,(H2,20,21);3*1H2;1H/b17-12-;;;;/t15-;;;;/m0..../s1. The highest BCUT2D eigenvalue weighted by Gasteiger charge is 2.24. The first kappa shape index (κ1) is 28.4. The van der Waals surface area contributed by atoms with Crippen LogP contribution in [0.1, 0.15) is 35.0 Å². The normalized spacial score (nSPS) is 17.9. The maximum absolute atomic E-state index is 10.0. The fourth-order valence-electron chi connectivity index (χ4n) is 2.50. The Bertz CT molecular complexity index is 636. The van der Waals surface area contributed by atoms with Gasteiger partial charge in [0.1, 0.15) is 11.6 Å². The molecule has 28 heavy (non-hydrogen) atoms. The van der Waals surface area contributed by atoms with Gasteiger partial charge < -0.3 is 27.3 Å². The van der Waals surface area contributed by atoms with Gasteiger partial charge in [-0.1, -0.05) is 20.8 Å². The van der Waals surface area contributed by atoms with Crippen molar-refractivity contribution >= 4 is 23.3 Å². The number of hydrogen-bond acceptors (Lipinski definition) is 5. The summed E-state index contributed by atoms with van der Waals surface area (Å²) in [6.07, 6.45) is 5.60. The predicted octanol–water partition coefficient (Wildman–Crippen LogP) is 1.93. The second-order valence-corrected chi connectivity index (χ2v) is 8.08. The highest BCUT2D eigenvalue weighted by atomic mass is 32.2. The molecule has 1 fully saturated rings. The lowest BCUT2D eigenvalue weighted by molar-refractivity contribution is 0.0509. The highest BCUT2D eigenvalue weighted by molar-refractivity contribution is 7.98. The number of hydroxylamine groups is 1. The van der Waals surface area contributed by atoms with Crippen LogP contribution < -0.4 is 10.8 Å². The molecule has 1 heterocycles. The van der Waals surface area contributed by atoms with Gasteiger partial charge >= 0.3 is 0 Å². The fraction of sp³-hybridized carbons (Fsp3) is 0.526. The van der Waals surface area contributed by atoms with Gasteiger partial charge in [0.05, 0.1) is 24.9 Å². The first-order valence-electron chi connectivity index (χ1n) is 8.58. The molecule has 164 valence electrons. The second-order valence-electron chi connectivity index (χ2n) is 7.20. The number of aliphatic hydroxyl groups is 1. The average Bonchev–Trinajstić information content (AvgIpc) is 2.59. The number of rotatable bonds is 5. The quantitative estimate of drug-likeness (QED) is 0.321. The first-order valence-corrected chi connectivity index (χ1v) is 9.81. The van der Waals surface area contributed by atoms with Crippen LogP contribution in [0.25, 0.3) is 0 Å². The number of aliphatic hydroxyl groups excluding tert-OH is 1. The zero-order valence-corrected chi connectivity index (χ0v) is 17.8. The van der Waals surface area contributed by atoms with Gasteiger partial charge in [0.25, 0.3) is 0 Å². The van der Waals surface area contributed by atoms with Crippen LogP contribution in [0.4, 0.5) is 5.69 Å². The summed E-state index contributed by atoms with van der Waals surface area (Å²) in [6.45, 7) is 7.04. The molecule has 0 aliphatic carbocycles. The lowest BCUT2D eigenvalue weighted by Crippen LogP contribution is -2.42. The summed E-state index contributed by atoms with van der Waals surface area (Å²) < 4.78 is 0. The first-order chi connectivity index (χ1) is 11.8. The molecule has 1 atom stereocenters. The van der Waals surface area contributed by atoms with Gasteiger partial charge in [-0.3, -0.25) is 9.83 Å². The van der Waals surface area contributed by atoms with E-state index in [2.05, 4.69) is 35.5 Å². The van der Waals surface area contributed by atoms with Crippen LogP contribution in [0.2, 0.25) is 0 Å². The van der Waals surface area contributed by atoms with E-state index in [-0.39, 0.29) is 35.1 Å². The van der Waals surface area contributed by atoms with Crippen molar-refractivity contribution in [3.05, 3.63) is 36.1 Å². The Kier molecular flexibility index (Phi) is 12.8. The number of hydrogen-bond donors (Lipinski definition) is 2. The van der Waals surface area contributed by atoms with Gasteiger partial charge in [-0.05, 0) is 43.4 Å². The van der Waals surface area contributed by atoms with Crippen molar-refractivity contribution in [2.75, 3.05) is 24.5 Å². The molecular formula is C19H37N3O5S. The summed E-state index contributed by atoms with van der Waals surface area (Å²) in [4.78, 5) is 11.5. The van der Waals surface area contributed by atoms with Gasteiger partial charge in [0, 0.05) is 17.8 Å². The van der Waals surface area contributed by atoms with E-state index < -0.39 is 0 Å². The third-order valence-electron chi connectivity index (χ3n) is 4.11. The third kappa shape index (κ3) is 8.07. The van der Waals surface area contributed by atoms with Gasteiger partial charge in [-0.15, -0.1) is 11.8 Å². The minimum Gasteiger partial charge on any atom is -0.512 e. The van der Waals surface area contributed by atoms with Crippen LogP contribution in [-0.4, -0.2) is 52.8 Å². The molecule has 9 N–H and O–H groups in total. The number of allylic oxidation sites excluding steroid dienone is 1. The maximum atomic E-state index is 10.0. The lowest BCUT2D eigenvalue weighted by atomic mass is 9.93. The Hall–Kier alpha value is -1.78. The lowest BCUT2D eigenvalue weighted by Gasteiger charge is -2.35. The number of nitrogens with zero attached hydrogens (tertiary/aromatic N) is 2. The third-order valence-corrected chi connectivity index (χ3v) is 4.85. The Labute approximate surface area is 172 Å². The summed E-state index contributed by atoms with van der Waals surface area (Å²) in [7, 11) is 0. The van der Waals surface area contributed by atoms with E-state index in [1.54, 1.807) is 17.8 Å². The van der Waals surface area contributed by atoms with Crippen molar-refractivity contribution < 1.29 is 27.8 Å². The van der Waals surface area contributed by atoms with E-state index in [1.807, 2.05) is 25.8 Å². The Balaban J connectivity index is -0.00000169. The zero-order valence-electron chi connectivity index (χ0n) is 17.0.